The standard InChI is InChI=1S/C37H40N6O7S3/c1-5-22-18-37(22,35(47)42-53(48,49)24-12-13-24)41-32(45)27-17-23(19-43(27)34(46)30(36(2,3)4)40-31(44)21-14-16-51-20-21)50-33-29(28-11-8-15-52-28)38-25-9-6-7-10-26(25)39-33/h5-11,14-16,20,22-24,27,30H,1,12-13,17-19H2,2-4H3,(H,40,44)(H,41,45)(H,42,47)/t22-,23-,27+,30-,37?/m1/s1. The molecule has 1 unspecified atom stereocenters. The number of benzene rings is 1. The summed E-state index contributed by atoms with van der Waals surface area (Å²) in [5.74, 6) is -2.73. The number of carbonyl (C=O) groups excluding carboxylic acids is 4. The van der Waals surface area contributed by atoms with Gasteiger partial charge in [0, 0.05) is 17.7 Å². The van der Waals surface area contributed by atoms with Crippen molar-refractivity contribution < 1.29 is 32.3 Å². The molecule has 3 aromatic heterocycles. The molecule has 16 heteroatoms. The van der Waals surface area contributed by atoms with Gasteiger partial charge < -0.3 is 20.3 Å². The van der Waals surface area contributed by atoms with Gasteiger partial charge in [0.15, 0.2) is 0 Å². The van der Waals surface area contributed by atoms with Crippen LogP contribution < -0.4 is 20.1 Å². The molecule has 3 N–H and O–H groups in total. The lowest BCUT2D eigenvalue weighted by molar-refractivity contribution is -0.142. The Bertz CT molecular complexity index is 2180. The summed E-state index contributed by atoms with van der Waals surface area (Å²) < 4.78 is 34.2. The highest BCUT2D eigenvalue weighted by Gasteiger charge is 2.62. The van der Waals surface area contributed by atoms with Crippen molar-refractivity contribution in [3.05, 3.63) is 76.8 Å². The summed E-state index contributed by atoms with van der Waals surface area (Å²) in [4.78, 5) is 67.6. The first-order valence-corrected chi connectivity index (χ1v) is 20.7. The maximum Gasteiger partial charge on any atom is 0.259 e. The van der Waals surface area contributed by atoms with Gasteiger partial charge in [0.05, 0.1) is 33.3 Å². The first kappa shape index (κ1) is 36.7. The molecule has 4 heterocycles. The van der Waals surface area contributed by atoms with Gasteiger partial charge in [0.1, 0.15) is 29.4 Å². The van der Waals surface area contributed by atoms with Crippen LogP contribution in [-0.2, 0) is 24.4 Å². The van der Waals surface area contributed by atoms with E-state index in [0.29, 0.717) is 35.1 Å². The Morgan fingerprint density at radius 2 is 1.79 bits per heavy atom. The topological polar surface area (TPSA) is 177 Å². The minimum absolute atomic E-state index is 0.0160. The highest BCUT2D eigenvalue weighted by atomic mass is 32.2. The van der Waals surface area contributed by atoms with E-state index in [0.717, 1.165) is 4.88 Å². The monoisotopic (exact) mass is 776 g/mol. The zero-order valence-electron chi connectivity index (χ0n) is 29.4. The van der Waals surface area contributed by atoms with Crippen LogP contribution >= 0.6 is 22.7 Å². The second-order valence-corrected chi connectivity index (χ2v) is 18.5. The predicted molar refractivity (Wildman–Crippen MR) is 202 cm³/mol. The summed E-state index contributed by atoms with van der Waals surface area (Å²) >= 11 is 2.82. The molecule has 7 rings (SSSR count). The van der Waals surface area contributed by atoms with Crippen LogP contribution in [0.3, 0.4) is 0 Å². The van der Waals surface area contributed by atoms with E-state index in [1.165, 1.54) is 33.6 Å². The maximum atomic E-state index is 14.6. The number of carbonyl (C=O) groups is 4. The molecule has 5 atom stereocenters. The Morgan fingerprint density at radius 3 is 2.40 bits per heavy atom. The van der Waals surface area contributed by atoms with Gasteiger partial charge in [-0.15, -0.1) is 17.9 Å². The Balaban J connectivity index is 1.21. The molecule has 1 saturated heterocycles. The van der Waals surface area contributed by atoms with Gasteiger partial charge in [-0.05, 0) is 59.7 Å². The largest absolute Gasteiger partial charge is 0.471 e. The molecule has 3 aliphatic rings. The second kappa shape index (κ2) is 14.0. The van der Waals surface area contributed by atoms with Crippen LogP contribution in [0.1, 0.15) is 56.8 Å². The van der Waals surface area contributed by atoms with E-state index >= 15 is 0 Å². The molecular weight excluding hydrogens is 737 g/mol. The summed E-state index contributed by atoms with van der Waals surface area (Å²) in [6, 6.07) is 10.6. The molecular formula is C37H40N6O7S3. The number of hydrogen-bond donors (Lipinski definition) is 3. The number of rotatable bonds is 12. The average Bonchev–Trinajstić information content (AvgIpc) is 3.84. The van der Waals surface area contributed by atoms with Crippen LogP contribution in [0.5, 0.6) is 5.88 Å². The highest BCUT2D eigenvalue weighted by Crippen LogP contribution is 2.46. The molecule has 2 aliphatic carbocycles. The van der Waals surface area contributed by atoms with Crippen molar-refractivity contribution in [2.75, 3.05) is 6.54 Å². The summed E-state index contributed by atoms with van der Waals surface area (Å²) in [6.45, 7) is 9.19. The minimum atomic E-state index is -3.90. The number of amides is 4. The SMILES string of the molecule is C=C[C@@H]1CC1(NC(=O)[C@@H]1C[C@@H](Oc2nc3ccccc3nc2-c2cccs2)CN1C(=O)[C@@H](NC(=O)c1ccsc1)C(C)(C)C)C(=O)NS(=O)(=O)C1CC1. The molecule has 13 nitrogen and oxygen atoms in total. The molecule has 4 aromatic rings. The predicted octanol–water partition coefficient (Wildman–Crippen LogP) is 4.28. The van der Waals surface area contributed by atoms with E-state index in [9.17, 15) is 27.6 Å². The number of sulfonamides is 1. The lowest BCUT2D eigenvalue weighted by Gasteiger charge is -2.35. The third kappa shape index (κ3) is 7.44. The zero-order chi connectivity index (χ0) is 37.7. The fourth-order valence-electron chi connectivity index (χ4n) is 6.61. The first-order valence-electron chi connectivity index (χ1n) is 17.3. The summed E-state index contributed by atoms with van der Waals surface area (Å²) in [6.07, 6.45) is 1.84. The van der Waals surface area contributed by atoms with Crippen molar-refractivity contribution in [2.45, 2.75) is 75.4 Å². The van der Waals surface area contributed by atoms with Gasteiger partial charge in [0.2, 0.25) is 27.7 Å². The molecule has 0 spiro atoms. The summed E-state index contributed by atoms with van der Waals surface area (Å²) in [7, 11) is -3.90. The zero-order valence-corrected chi connectivity index (χ0v) is 31.9. The second-order valence-electron chi connectivity index (χ2n) is 14.8. The molecule has 4 amide bonds. The molecule has 1 aliphatic heterocycles. The van der Waals surface area contributed by atoms with Crippen molar-refractivity contribution in [1.82, 2.24) is 30.2 Å². The van der Waals surface area contributed by atoms with Crippen molar-refractivity contribution >= 4 is 67.4 Å². The molecule has 2 saturated carbocycles. The van der Waals surface area contributed by atoms with Crippen molar-refractivity contribution in [1.29, 1.82) is 0 Å². The lowest BCUT2D eigenvalue weighted by Crippen LogP contribution is -2.60. The maximum absolute atomic E-state index is 14.6. The third-order valence-corrected chi connectivity index (χ3v) is 13.2. The van der Waals surface area contributed by atoms with Crippen LogP contribution in [0.2, 0.25) is 0 Å². The van der Waals surface area contributed by atoms with E-state index < -0.39 is 74.0 Å². The Kier molecular flexibility index (Phi) is 9.66. The van der Waals surface area contributed by atoms with Crippen molar-refractivity contribution in [3.63, 3.8) is 0 Å². The first-order chi connectivity index (χ1) is 25.2. The number of para-hydroxylation sites is 2. The number of likely N-dealkylation sites (tertiary alicyclic amines) is 1. The number of nitrogens with one attached hydrogen (secondary N) is 3. The number of fused-ring (bicyclic) bond motifs is 1. The smallest absolute Gasteiger partial charge is 0.259 e. The van der Waals surface area contributed by atoms with Gasteiger partial charge in [0.25, 0.3) is 11.8 Å². The van der Waals surface area contributed by atoms with Crippen LogP contribution in [0.25, 0.3) is 21.6 Å². The number of ether oxygens (including phenoxy) is 1. The molecule has 1 aromatic carbocycles. The minimum Gasteiger partial charge on any atom is -0.471 e. The third-order valence-electron chi connectivity index (χ3n) is 9.84. The van der Waals surface area contributed by atoms with Gasteiger partial charge >= 0.3 is 0 Å². The van der Waals surface area contributed by atoms with Crippen LogP contribution in [0, 0.1) is 11.3 Å². The Labute approximate surface area is 315 Å². The van der Waals surface area contributed by atoms with E-state index in [1.807, 2.05) is 62.5 Å². The van der Waals surface area contributed by atoms with E-state index in [1.54, 1.807) is 16.8 Å². The van der Waals surface area contributed by atoms with Gasteiger partial charge in [-0.2, -0.15) is 11.3 Å². The quantitative estimate of drug-likeness (QED) is 0.177. The molecule has 0 radical (unpaired) electrons. The van der Waals surface area contributed by atoms with Crippen LogP contribution in [0.4, 0.5) is 0 Å². The fraction of sp³-hybridized carbons (Fsp3) is 0.405. The Morgan fingerprint density at radius 1 is 1.06 bits per heavy atom. The normalized spacial score (nSPS) is 23.2. The number of nitrogens with zero attached hydrogens (tertiary/aromatic N) is 3. The summed E-state index contributed by atoms with van der Waals surface area (Å²) in [5, 5.41) is 10.4. The molecule has 3 fully saturated rings. The average molecular weight is 777 g/mol. The number of hydrogen-bond acceptors (Lipinski definition) is 11. The van der Waals surface area contributed by atoms with Gasteiger partial charge in [-0.3, -0.25) is 23.9 Å². The Hall–Kier alpha value is -4.67. The fourth-order valence-corrected chi connectivity index (χ4v) is 9.32. The highest BCUT2D eigenvalue weighted by molar-refractivity contribution is 7.91. The number of thiophene rings is 2. The van der Waals surface area contributed by atoms with Crippen LogP contribution in [0.15, 0.2) is 71.3 Å². The lowest BCUT2D eigenvalue weighted by atomic mass is 9.85. The van der Waals surface area contributed by atoms with Crippen molar-refractivity contribution in [2.24, 2.45) is 11.3 Å². The molecule has 0 bridgehead atoms. The van der Waals surface area contributed by atoms with Gasteiger partial charge in [-0.1, -0.05) is 45.0 Å². The van der Waals surface area contributed by atoms with E-state index in [-0.39, 0.29) is 25.3 Å². The summed E-state index contributed by atoms with van der Waals surface area (Å²) in [5.41, 5.74) is -0.137. The van der Waals surface area contributed by atoms with Crippen molar-refractivity contribution in [3.8, 4) is 16.5 Å². The number of aromatic nitrogens is 2. The van der Waals surface area contributed by atoms with Crippen LogP contribution in [-0.4, -0.2) is 82.4 Å². The van der Waals surface area contributed by atoms with E-state index in [4.69, 9.17) is 14.7 Å². The molecule has 53 heavy (non-hydrogen) atoms. The van der Waals surface area contributed by atoms with E-state index in [2.05, 4.69) is 21.9 Å². The molecule has 278 valence electrons. The van der Waals surface area contributed by atoms with Gasteiger partial charge in [-0.25, -0.2) is 18.4 Å².